The molecule has 0 aromatic heterocycles. The minimum atomic E-state index is -0.491. The number of aliphatic hydroxyl groups is 1. The molecule has 1 fully saturated rings. The van der Waals surface area contributed by atoms with E-state index < -0.39 is 5.60 Å². The Labute approximate surface area is 102 Å². The largest absolute Gasteiger partial charge is 0.390 e. The fraction of sp³-hybridized carbons (Fsp3) is 0.250. The van der Waals surface area contributed by atoms with Gasteiger partial charge in [0.15, 0.2) is 0 Å². The summed E-state index contributed by atoms with van der Waals surface area (Å²) >= 11 is 0. The van der Waals surface area contributed by atoms with E-state index in [-0.39, 0.29) is 0 Å². The Morgan fingerprint density at radius 3 is 2.29 bits per heavy atom. The van der Waals surface area contributed by atoms with E-state index >= 15 is 0 Å². The molecule has 0 amide bonds. The first-order valence-corrected chi connectivity index (χ1v) is 6.04. The summed E-state index contributed by atoms with van der Waals surface area (Å²) in [4.78, 5) is 0. The first kappa shape index (κ1) is 10.5. The quantitative estimate of drug-likeness (QED) is 0.826. The van der Waals surface area contributed by atoms with E-state index in [1.165, 1.54) is 16.7 Å². The van der Waals surface area contributed by atoms with Crippen molar-refractivity contribution in [3.63, 3.8) is 0 Å². The molecule has 86 valence electrons. The highest BCUT2D eigenvalue weighted by molar-refractivity contribution is 5.64. The highest BCUT2D eigenvalue weighted by Crippen LogP contribution is 2.51. The molecule has 0 saturated heterocycles. The maximum atomic E-state index is 9.91. The number of hydrogen-bond donors (Lipinski definition) is 1. The zero-order valence-electron chi connectivity index (χ0n) is 9.93. The van der Waals surface area contributed by atoms with Crippen LogP contribution in [0.3, 0.4) is 0 Å². The van der Waals surface area contributed by atoms with Crippen LogP contribution in [0.15, 0.2) is 54.6 Å². The molecule has 0 aliphatic heterocycles. The van der Waals surface area contributed by atoms with Crippen LogP contribution in [0.4, 0.5) is 0 Å². The third-order valence-electron chi connectivity index (χ3n) is 3.60. The van der Waals surface area contributed by atoms with Crippen LogP contribution in [-0.4, -0.2) is 10.7 Å². The molecule has 1 saturated carbocycles. The SMILES string of the molecule is CC1(O)CC1c1cccc(-c2ccccc2)c1. The molecule has 0 bridgehead atoms. The molecular formula is C16H16O. The van der Waals surface area contributed by atoms with E-state index in [1.807, 2.05) is 13.0 Å². The van der Waals surface area contributed by atoms with E-state index in [9.17, 15) is 5.11 Å². The van der Waals surface area contributed by atoms with Crippen LogP contribution in [0.5, 0.6) is 0 Å². The van der Waals surface area contributed by atoms with Crippen LogP contribution in [0.1, 0.15) is 24.8 Å². The molecule has 2 aromatic rings. The average Bonchev–Trinajstić information content (AvgIpc) is 3.00. The molecule has 1 nitrogen and oxygen atoms in total. The fourth-order valence-electron chi connectivity index (χ4n) is 2.40. The fourth-order valence-corrected chi connectivity index (χ4v) is 2.40. The molecule has 1 heteroatoms. The normalized spacial score (nSPS) is 26.8. The predicted octanol–water partition coefficient (Wildman–Crippen LogP) is 3.59. The standard InChI is InChI=1S/C16H16O/c1-16(17)11-15(16)14-9-5-8-13(10-14)12-6-3-2-4-7-12/h2-10,15,17H,11H2,1H3. The smallest absolute Gasteiger partial charge is 0.0696 e. The van der Waals surface area contributed by atoms with Crippen LogP contribution in [0, 0.1) is 0 Å². The second-order valence-corrected chi connectivity index (χ2v) is 5.11. The van der Waals surface area contributed by atoms with Crippen molar-refractivity contribution in [2.45, 2.75) is 24.9 Å². The Morgan fingerprint density at radius 1 is 1.00 bits per heavy atom. The first-order chi connectivity index (χ1) is 8.17. The van der Waals surface area contributed by atoms with Gasteiger partial charge in [0, 0.05) is 5.92 Å². The monoisotopic (exact) mass is 224 g/mol. The molecular weight excluding hydrogens is 208 g/mol. The van der Waals surface area contributed by atoms with Gasteiger partial charge in [0.25, 0.3) is 0 Å². The molecule has 0 radical (unpaired) electrons. The van der Waals surface area contributed by atoms with Gasteiger partial charge in [0.1, 0.15) is 0 Å². The van der Waals surface area contributed by atoms with Gasteiger partial charge in [-0.3, -0.25) is 0 Å². The van der Waals surface area contributed by atoms with Crippen molar-refractivity contribution in [1.29, 1.82) is 0 Å². The molecule has 1 aliphatic carbocycles. The van der Waals surface area contributed by atoms with Crippen LogP contribution in [0.2, 0.25) is 0 Å². The van der Waals surface area contributed by atoms with Gasteiger partial charge in [-0.2, -0.15) is 0 Å². The summed E-state index contributed by atoms with van der Waals surface area (Å²) in [5.74, 6) is 0.311. The number of rotatable bonds is 2. The summed E-state index contributed by atoms with van der Waals surface area (Å²) < 4.78 is 0. The summed E-state index contributed by atoms with van der Waals surface area (Å²) in [5.41, 5.74) is 3.21. The van der Waals surface area contributed by atoms with Crippen molar-refractivity contribution in [2.24, 2.45) is 0 Å². The van der Waals surface area contributed by atoms with Crippen molar-refractivity contribution in [3.05, 3.63) is 60.2 Å². The zero-order chi connectivity index (χ0) is 11.9. The summed E-state index contributed by atoms with van der Waals surface area (Å²) in [6.07, 6.45) is 0.880. The van der Waals surface area contributed by atoms with Crippen LogP contribution < -0.4 is 0 Å². The lowest BCUT2D eigenvalue weighted by Crippen LogP contribution is -2.02. The summed E-state index contributed by atoms with van der Waals surface area (Å²) in [5, 5.41) is 9.91. The predicted molar refractivity (Wildman–Crippen MR) is 69.9 cm³/mol. The molecule has 2 aromatic carbocycles. The lowest BCUT2D eigenvalue weighted by Gasteiger charge is -2.06. The van der Waals surface area contributed by atoms with Gasteiger partial charge in [-0.05, 0) is 30.0 Å². The van der Waals surface area contributed by atoms with E-state index in [1.54, 1.807) is 0 Å². The van der Waals surface area contributed by atoms with Crippen LogP contribution in [-0.2, 0) is 0 Å². The molecule has 0 heterocycles. The molecule has 2 atom stereocenters. The van der Waals surface area contributed by atoms with E-state index in [0.717, 1.165) is 6.42 Å². The van der Waals surface area contributed by atoms with E-state index in [4.69, 9.17) is 0 Å². The van der Waals surface area contributed by atoms with Gasteiger partial charge in [0.2, 0.25) is 0 Å². The Bertz CT molecular complexity index is 528. The maximum absolute atomic E-state index is 9.91. The Hall–Kier alpha value is -1.60. The lowest BCUT2D eigenvalue weighted by molar-refractivity contribution is 0.164. The summed E-state index contributed by atoms with van der Waals surface area (Å²) in [7, 11) is 0. The maximum Gasteiger partial charge on any atom is 0.0696 e. The zero-order valence-corrected chi connectivity index (χ0v) is 9.93. The minimum Gasteiger partial charge on any atom is -0.390 e. The molecule has 17 heavy (non-hydrogen) atoms. The third-order valence-corrected chi connectivity index (χ3v) is 3.60. The summed E-state index contributed by atoms with van der Waals surface area (Å²) in [6, 6.07) is 18.9. The van der Waals surface area contributed by atoms with Gasteiger partial charge < -0.3 is 5.11 Å². The van der Waals surface area contributed by atoms with Crippen molar-refractivity contribution in [2.75, 3.05) is 0 Å². The second kappa shape index (κ2) is 3.71. The molecule has 1 N–H and O–H groups in total. The van der Waals surface area contributed by atoms with E-state index in [2.05, 4.69) is 48.5 Å². The van der Waals surface area contributed by atoms with Crippen LogP contribution >= 0.6 is 0 Å². The molecule has 3 rings (SSSR count). The van der Waals surface area contributed by atoms with Crippen molar-refractivity contribution >= 4 is 0 Å². The molecule has 2 unspecified atom stereocenters. The van der Waals surface area contributed by atoms with Gasteiger partial charge in [-0.25, -0.2) is 0 Å². The van der Waals surface area contributed by atoms with Gasteiger partial charge in [-0.15, -0.1) is 0 Å². The Kier molecular flexibility index (Phi) is 2.30. The van der Waals surface area contributed by atoms with E-state index in [0.29, 0.717) is 5.92 Å². The van der Waals surface area contributed by atoms with Crippen molar-refractivity contribution in [3.8, 4) is 11.1 Å². The van der Waals surface area contributed by atoms with Crippen LogP contribution in [0.25, 0.3) is 11.1 Å². The van der Waals surface area contributed by atoms with Crippen molar-refractivity contribution < 1.29 is 5.11 Å². The second-order valence-electron chi connectivity index (χ2n) is 5.11. The van der Waals surface area contributed by atoms with Gasteiger partial charge in [0.05, 0.1) is 5.60 Å². The van der Waals surface area contributed by atoms with Crippen molar-refractivity contribution in [1.82, 2.24) is 0 Å². The van der Waals surface area contributed by atoms with Gasteiger partial charge in [-0.1, -0.05) is 54.6 Å². The number of benzene rings is 2. The number of hydrogen-bond acceptors (Lipinski definition) is 1. The topological polar surface area (TPSA) is 20.2 Å². The third kappa shape index (κ3) is 1.98. The van der Waals surface area contributed by atoms with Gasteiger partial charge >= 0.3 is 0 Å². The highest BCUT2D eigenvalue weighted by Gasteiger charge is 2.49. The minimum absolute atomic E-state index is 0.311. The summed E-state index contributed by atoms with van der Waals surface area (Å²) in [6.45, 7) is 1.91. The molecule has 0 spiro atoms. The highest BCUT2D eigenvalue weighted by atomic mass is 16.3. The first-order valence-electron chi connectivity index (χ1n) is 6.04. The Balaban J connectivity index is 1.96. The molecule has 1 aliphatic rings. The Morgan fingerprint density at radius 2 is 1.65 bits per heavy atom. The lowest BCUT2D eigenvalue weighted by atomic mass is 10.0. The average molecular weight is 224 g/mol.